The maximum Gasteiger partial charge on any atom is 0.129 e. The Kier molecular flexibility index (Phi) is 2.59. The molecule has 0 bridgehead atoms. The fourth-order valence-corrected chi connectivity index (χ4v) is 1.99. The molecular weight excluding hydrogens is 202 g/mol. The molecule has 14 heavy (non-hydrogen) atoms. The van der Waals surface area contributed by atoms with Crippen molar-refractivity contribution in [3.8, 4) is 0 Å². The Morgan fingerprint density at radius 3 is 2.64 bits per heavy atom. The van der Waals surface area contributed by atoms with Crippen LogP contribution in [0.3, 0.4) is 0 Å². The van der Waals surface area contributed by atoms with Gasteiger partial charge in [0.25, 0.3) is 0 Å². The molecule has 0 saturated heterocycles. The summed E-state index contributed by atoms with van der Waals surface area (Å²) in [5.74, 6) is -1.00. The largest absolute Gasteiger partial charge is 0.207 e. The van der Waals surface area contributed by atoms with E-state index in [1.807, 2.05) is 17.5 Å². The summed E-state index contributed by atoms with van der Waals surface area (Å²) in [7, 11) is 0. The third-order valence-corrected chi connectivity index (χ3v) is 2.84. The zero-order valence-electron chi connectivity index (χ0n) is 7.34. The molecule has 0 atom stereocenters. The van der Waals surface area contributed by atoms with E-state index in [9.17, 15) is 8.78 Å². The third-order valence-electron chi connectivity index (χ3n) is 1.96. The number of hydrogen-bond acceptors (Lipinski definition) is 1. The maximum atomic E-state index is 13.2. The minimum atomic E-state index is -0.530. The number of hydrogen-bond donors (Lipinski definition) is 0. The number of thiophene rings is 1. The fourth-order valence-electron chi connectivity index (χ4n) is 1.27. The Bertz CT molecular complexity index is 421. The van der Waals surface area contributed by atoms with Crippen molar-refractivity contribution in [3.05, 3.63) is 57.8 Å². The van der Waals surface area contributed by atoms with E-state index in [2.05, 4.69) is 0 Å². The van der Waals surface area contributed by atoms with E-state index in [0.717, 1.165) is 10.9 Å². The Morgan fingerprint density at radius 1 is 1.14 bits per heavy atom. The standard InChI is InChI=1S/C11H8F2S/c12-9-4-3-8(11(13)7-9)6-10-2-1-5-14-10/h1-5,7H,6H2. The summed E-state index contributed by atoms with van der Waals surface area (Å²) in [5, 5.41) is 1.94. The average Bonchev–Trinajstić information content (AvgIpc) is 2.62. The Labute approximate surface area is 84.8 Å². The summed E-state index contributed by atoms with van der Waals surface area (Å²) in [6.07, 6.45) is 0.532. The number of rotatable bonds is 2. The molecule has 0 amide bonds. The van der Waals surface area contributed by atoms with E-state index in [4.69, 9.17) is 0 Å². The zero-order valence-corrected chi connectivity index (χ0v) is 8.15. The van der Waals surface area contributed by atoms with Crippen LogP contribution in [0.2, 0.25) is 0 Å². The van der Waals surface area contributed by atoms with Gasteiger partial charge in [-0.3, -0.25) is 0 Å². The summed E-state index contributed by atoms with van der Waals surface area (Å²) >= 11 is 1.57. The van der Waals surface area contributed by atoms with Crippen LogP contribution in [0, 0.1) is 11.6 Å². The van der Waals surface area contributed by atoms with Gasteiger partial charge in [0.15, 0.2) is 0 Å². The average molecular weight is 210 g/mol. The van der Waals surface area contributed by atoms with Crippen LogP contribution in [0.1, 0.15) is 10.4 Å². The monoisotopic (exact) mass is 210 g/mol. The molecule has 0 aliphatic heterocycles. The van der Waals surface area contributed by atoms with Gasteiger partial charge in [-0.1, -0.05) is 12.1 Å². The molecule has 0 fully saturated rings. The van der Waals surface area contributed by atoms with Gasteiger partial charge in [0.2, 0.25) is 0 Å². The van der Waals surface area contributed by atoms with Crippen molar-refractivity contribution in [3.63, 3.8) is 0 Å². The van der Waals surface area contributed by atoms with Crippen molar-refractivity contribution >= 4 is 11.3 Å². The molecule has 1 aromatic carbocycles. The smallest absolute Gasteiger partial charge is 0.129 e. The molecule has 0 nitrogen and oxygen atoms in total. The lowest BCUT2D eigenvalue weighted by molar-refractivity contribution is 0.575. The second-order valence-electron chi connectivity index (χ2n) is 2.99. The maximum absolute atomic E-state index is 13.2. The Morgan fingerprint density at radius 2 is 2.00 bits per heavy atom. The van der Waals surface area contributed by atoms with Crippen LogP contribution in [0.15, 0.2) is 35.7 Å². The first-order valence-electron chi connectivity index (χ1n) is 4.22. The predicted octanol–water partition coefficient (Wildman–Crippen LogP) is 3.62. The van der Waals surface area contributed by atoms with Crippen LogP contribution in [-0.2, 0) is 6.42 Å². The lowest BCUT2D eigenvalue weighted by atomic mass is 10.1. The minimum Gasteiger partial charge on any atom is -0.207 e. The minimum absolute atomic E-state index is 0.474. The third kappa shape index (κ3) is 1.99. The molecule has 0 unspecified atom stereocenters. The number of benzene rings is 1. The van der Waals surface area contributed by atoms with Crippen molar-refractivity contribution in [1.82, 2.24) is 0 Å². The topological polar surface area (TPSA) is 0 Å². The molecule has 2 aromatic rings. The molecule has 72 valence electrons. The lowest BCUT2D eigenvalue weighted by Gasteiger charge is -2.00. The normalized spacial score (nSPS) is 10.4. The molecular formula is C11H8F2S. The van der Waals surface area contributed by atoms with Crippen molar-refractivity contribution in [2.45, 2.75) is 6.42 Å². The summed E-state index contributed by atoms with van der Waals surface area (Å²) < 4.78 is 25.8. The highest BCUT2D eigenvalue weighted by atomic mass is 32.1. The highest BCUT2D eigenvalue weighted by molar-refractivity contribution is 7.09. The van der Waals surface area contributed by atoms with Gasteiger partial charge < -0.3 is 0 Å². The van der Waals surface area contributed by atoms with Crippen molar-refractivity contribution in [1.29, 1.82) is 0 Å². The van der Waals surface area contributed by atoms with Gasteiger partial charge in [-0.15, -0.1) is 11.3 Å². The molecule has 3 heteroatoms. The van der Waals surface area contributed by atoms with Crippen LogP contribution in [0.4, 0.5) is 8.78 Å². The van der Waals surface area contributed by atoms with Crippen LogP contribution in [0.25, 0.3) is 0 Å². The number of halogens is 2. The zero-order chi connectivity index (χ0) is 9.97. The predicted molar refractivity (Wildman–Crippen MR) is 53.5 cm³/mol. The molecule has 1 aromatic heterocycles. The quantitative estimate of drug-likeness (QED) is 0.710. The van der Waals surface area contributed by atoms with E-state index in [-0.39, 0.29) is 0 Å². The summed E-state index contributed by atoms with van der Waals surface area (Å²) in [4.78, 5) is 1.08. The molecule has 0 aliphatic carbocycles. The second kappa shape index (κ2) is 3.88. The van der Waals surface area contributed by atoms with E-state index >= 15 is 0 Å². The summed E-state index contributed by atoms with van der Waals surface area (Å²) in [6.45, 7) is 0. The van der Waals surface area contributed by atoms with E-state index in [1.54, 1.807) is 11.3 Å². The second-order valence-corrected chi connectivity index (χ2v) is 4.02. The van der Waals surface area contributed by atoms with E-state index in [1.165, 1.54) is 12.1 Å². The Balaban J connectivity index is 2.25. The molecule has 0 saturated carbocycles. The Hall–Kier alpha value is -1.22. The van der Waals surface area contributed by atoms with Gasteiger partial charge in [0.05, 0.1) is 0 Å². The van der Waals surface area contributed by atoms with Crippen LogP contribution in [0.5, 0.6) is 0 Å². The first-order valence-corrected chi connectivity index (χ1v) is 5.10. The van der Waals surface area contributed by atoms with Crippen LogP contribution in [-0.4, -0.2) is 0 Å². The highest BCUT2D eigenvalue weighted by Crippen LogP contribution is 2.17. The van der Waals surface area contributed by atoms with Crippen molar-refractivity contribution < 1.29 is 8.78 Å². The first kappa shape index (κ1) is 9.34. The molecule has 2 rings (SSSR count). The van der Waals surface area contributed by atoms with Crippen LogP contribution >= 0.6 is 11.3 Å². The summed E-state index contributed by atoms with van der Waals surface area (Å²) in [5.41, 5.74) is 0.536. The first-order chi connectivity index (χ1) is 6.75. The molecule has 1 heterocycles. The van der Waals surface area contributed by atoms with Gasteiger partial charge >= 0.3 is 0 Å². The fraction of sp³-hybridized carbons (Fsp3) is 0.0909. The van der Waals surface area contributed by atoms with Crippen molar-refractivity contribution in [2.24, 2.45) is 0 Å². The lowest BCUT2D eigenvalue weighted by Crippen LogP contribution is -1.91. The van der Waals surface area contributed by atoms with Gasteiger partial charge in [-0.2, -0.15) is 0 Å². The van der Waals surface area contributed by atoms with Crippen molar-refractivity contribution in [2.75, 3.05) is 0 Å². The molecule has 0 spiro atoms. The van der Waals surface area contributed by atoms with Gasteiger partial charge in [-0.05, 0) is 23.1 Å². The molecule has 0 N–H and O–H groups in total. The highest BCUT2D eigenvalue weighted by Gasteiger charge is 2.04. The van der Waals surface area contributed by atoms with E-state index in [0.29, 0.717) is 12.0 Å². The van der Waals surface area contributed by atoms with E-state index < -0.39 is 11.6 Å². The summed E-state index contributed by atoms with van der Waals surface area (Å²) in [6, 6.07) is 7.55. The van der Waals surface area contributed by atoms with Gasteiger partial charge in [0.1, 0.15) is 11.6 Å². The van der Waals surface area contributed by atoms with Gasteiger partial charge in [0, 0.05) is 17.4 Å². The SMILES string of the molecule is Fc1ccc(Cc2cccs2)c(F)c1. The van der Waals surface area contributed by atoms with Crippen LogP contribution < -0.4 is 0 Å². The van der Waals surface area contributed by atoms with Gasteiger partial charge in [-0.25, -0.2) is 8.78 Å². The molecule has 0 aliphatic rings. The molecule has 0 radical (unpaired) electrons.